The van der Waals surface area contributed by atoms with Gasteiger partial charge in [-0.3, -0.25) is 0 Å². The van der Waals surface area contributed by atoms with E-state index >= 15 is 0 Å². The van der Waals surface area contributed by atoms with Crippen molar-refractivity contribution < 1.29 is 8.42 Å². The Balaban J connectivity index is 2.87. The molecule has 0 fully saturated rings. The molecule has 4 nitrogen and oxygen atoms in total. The minimum absolute atomic E-state index is 0.235. The Hall–Kier alpha value is -0.720. The normalized spacial score (nSPS) is 11.5. The van der Waals surface area contributed by atoms with Crippen LogP contribution in [0.3, 0.4) is 0 Å². The molecule has 6 heteroatoms. The summed E-state index contributed by atoms with van der Waals surface area (Å²) in [5.41, 5.74) is 0. The van der Waals surface area contributed by atoms with Crippen molar-refractivity contribution in [3.05, 3.63) is 23.9 Å². The lowest BCUT2D eigenvalue weighted by atomic mass is 10.7. The fourth-order valence-electron chi connectivity index (χ4n) is 0.706. The SMILES string of the molecule is C=CCNS(=O)(=O)c1cnc(C)s1. The number of rotatable bonds is 4. The Kier molecular flexibility index (Phi) is 3.18. The molecule has 0 amide bonds. The number of hydrogen-bond acceptors (Lipinski definition) is 4. The highest BCUT2D eigenvalue weighted by atomic mass is 32.2. The van der Waals surface area contributed by atoms with Crippen LogP contribution in [0.2, 0.25) is 0 Å². The molecule has 0 saturated heterocycles. The molecular weight excluding hydrogens is 208 g/mol. The van der Waals surface area contributed by atoms with E-state index in [4.69, 9.17) is 0 Å². The van der Waals surface area contributed by atoms with Crippen LogP contribution in [-0.2, 0) is 10.0 Å². The van der Waals surface area contributed by atoms with Crippen LogP contribution in [0.4, 0.5) is 0 Å². The fraction of sp³-hybridized carbons (Fsp3) is 0.286. The summed E-state index contributed by atoms with van der Waals surface area (Å²) in [6, 6.07) is 0. The third kappa shape index (κ3) is 2.61. The fourth-order valence-corrected chi connectivity index (χ4v) is 2.86. The third-order valence-electron chi connectivity index (χ3n) is 1.28. The van der Waals surface area contributed by atoms with Gasteiger partial charge in [0.05, 0.1) is 11.2 Å². The van der Waals surface area contributed by atoms with Gasteiger partial charge in [-0.25, -0.2) is 18.1 Å². The van der Waals surface area contributed by atoms with Crippen LogP contribution >= 0.6 is 11.3 Å². The molecular formula is C7H10N2O2S2. The van der Waals surface area contributed by atoms with Crippen LogP contribution in [0.25, 0.3) is 0 Å². The minimum atomic E-state index is -3.37. The molecule has 0 aliphatic carbocycles. The van der Waals surface area contributed by atoms with Gasteiger partial charge in [-0.2, -0.15) is 0 Å². The van der Waals surface area contributed by atoms with Crippen molar-refractivity contribution in [2.24, 2.45) is 0 Å². The highest BCUT2D eigenvalue weighted by Crippen LogP contribution is 2.16. The largest absolute Gasteiger partial charge is 0.251 e. The smallest absolute Gasteiger partial charge is 0.249 e. The topological polar surface area (TPSA) is 59.1 Å². The number of hydrogen-bond donors (Lipinski definition) is 1. The molecule has 0 unspecified atom stereocenters. The van der Waals surface area contributed by atoms with Crippen LogP contribution in [0.15, 0.2) is 23.1 Å². The molecule has 0 spiro atoms. The average Bonchev–Trinajstić information content (AvgIpc) is 2.49. The number of nitrogens with zero attached hydrogens (tertiary/aromatic N) is 1. The monoisotopic (exact) mass is 218 g/mol. The zero-order valence-electron chi connectivity index (χ0n) is 7.15. The summed E-state index contributed by atoms with van der Waals surface area (Å²) >= 11 is 1.15. The van der Waals surface area contributed by atoms with Gasteiger partial charge < -0.3 is 0 Å². The second kappa shape index (κ2) is 3.99. The van der Waals surface area contributed by atoms with Gasteiger partial charge in [-0.1, -0.05) is 6.08 Å². The molecule has 1 aromatic rings. The van der Waals surface area contributed by atoms with E-state index in [0.717, 1.165) is 16.3 Å². The highest BCUT2D eigenvalue weighted by molar-refractivity contribution is 7.91. The number of aryl methyl sites for hydroxylation is 1. The Morgan fingerprint density at radius 1 is 1.77 bits per heavy atom. The second-order valence-corrected chi connectivity index (χ2v) is 5.57. The summed E-state index contributed by atoms with van der Waals surface area (Å²) in [5.74, 6) is 0. The van der Waals surface area contributed by atoms with Crippen molar-refractivity contribution in [1.82, 2.24) is 9.71 Å². The molecule has 72 valence electrons. The molecule has 0 atom stereocenters. The van der Waals surface area contributed by atoms with E-state index in [1.54, 1.807) is 6.92 Å². The maximum Gasteiger partial charge on any atom is 0.251 e. The quantitative estimate of drug-likeness (QED) is 0.764. The Labute approximate surface area is 81.4 Å². The molecule has 0 radical (unpaired) electrons. The second-order valence-electron chi connectivity index (χ2n) is 2.34. The van der Waals surface area contributed by atoms with Gasteiger partial charge in [-0.15, -0.1) is 17.9 Å². The molecule has 0 saturated carbocycles. The number of nitrogens with one attached hydrogen (secondary N) is 1. The number of aromatic nitrogens is 1. The molecule has 1 heterocycles. The van der Waals surface area contributed by atoms with Crippen LogP contribution in [-0.4, -0.2) is 19.9 Å². The lowest BCUT2D eigenvalue weighted by Gasteiger charge is -1.99. The van der Waals surface area contributed by atoms with Crippen molar-refractivity contribution >= 4 is 21.4 Å². The van der Waals surface area contributed by atoms with E-state index in [0.29, 0.717) is 0 Å². The summed E-state index contributed by atoms with van der Waals surface area (Å²) < 4.78 is 25.4. The van der Waals surface area contributed by atoms with Crippen molar-refractivity contribution in [1.29, 1.82) is 0 Å². The van der Waals surface area contributed by atoms with Crippen molar-refractivity contribution in [3.63, 3.8) is 0 Å². The molecule has 0 aliphatic rings. The van der Waals surface area contributed by atoms with Crippen LogP contribution in [0, 0.1) is 6.92 Å². The summed E-state index contributed by atoms with van der Waals surface area (Å²) in [6.45, 7) is 5.42. The molecule has 0 aromatic carbocycles. The maximum absolute atomic E-state index is 11.4. The van der Waals surface area contributed by atoms with Gasteiger partial charge >= 0.3 is 0 Å². The van der Waals surface area contributed by atoms with Crippen molar-refractivity contribution in [2.75, 3.05) is 6.54 Å². The predicted molar refractivity (Wildman–Crippen MR) is 52.2 cm³/mol. The Morgan fingerprint density at radius 3 is 2.92 bits per heavy atom. The van der Waals surface area contributed by atoms with Gasteiger partial charge in [0.15, 0.2) is 4.21 Å². The van der Waals surface area contributed by atoms with Crippen molar-refractivity contribution in [3.8, 4) is 0 Å². The molecule has 0 aliphatic heterocycles. The van der Waals surface area contributed by atoms with Gasteiger partial charge in [-0.05, 0) is 6.92 Å². The zero-order chi connectivity index (χ0) is 9.90. The molecule has 1 rings (SSSR count). The summed E-state index contributed by atoms with van der Waals surface area (Å²) in [4.78, 5) is 3.86. The first-order chi connectivity index (χ1) is 6.06. The summed E-state index contributed by atoms with van der Waals surface area (Å²) in [7, 11) is -3.37. The summed E-state index contributed by atoms with van der Waals surface area (Å²) in [5, 5.41) is 0.735. The van der Waals surface area contributed by atoms with Crippen LogP contribution in [0.5, 0.6) is 0 Å². The van der Waals surface area contributed by atoms with Gasteiger partial charge in [0.2, 0.25) is 0 Å². The Bertz CT molecular complexity index is 394. The highest BCUT2D eigenvalue weighted by Gasteiger charge is 2.15. The van der Waals surface area contributed by atoms with E-state index in [2.05, 4.69) is 16.3 Å². The minimum Gasteiger partial charge on any atom is -0.249 e. The lowest BCUT2D eigenvalue weighted by molar-refractivity contribution is 0.587. The molecule has 0 bridgehead atoms. The predicted octanol–water partition coefficient (Wildman–Crippen LogP) is 0.916. The number of thiazole rings is 1. The molecule has 13 heavy (non-hydrogen) atoms. The zero-order valence-corrected chi connectivity index (χ0v) is 8.78. The van der Waals surface area contributed by atoms with Gasteiger partial charge in [0.1, 0.15) is 0 Å². The first-order valence-corrected chi connectivity index (χ1v) is 5.89. The van der Waals surface area contributed by atoms with E-state index < -0.39 is 10.0 Å². The lowest BCUT2D eigenvalue weighted by Crippen LogP contribution is -2.22. The maximum atomic E-state index is 11.4. The van der Waals surface area contributed by atoms with E-state index in [9.17, 15) is 8.42 Å². The molecule has 1 N–H and O–H groups in total. The van der Waals surface area contributed by atoms with Crippen LogP contribution in [0.1, 0.15) is 5.01 Å². The number of sulfonamides is 1. The van der Waals surface area contributed by atoms with Gasteiger partial charge in [0, 0.05) is 6.54 Å². The standard InChI is InChI=1S/C7H10N2O2S2/c1-3-4-9-13(10,11)7-5-8-6(2)12-7/h3,5,9H,1,4H2,2H3. The first kappa shape index (κ1) is 10.4. The van der Waals surface area contributed by atoms with E-state index in [1.165, 1.54) is 12.3 Å². The van der Waals surface area contributed by atoms with E-state index in [-0.39, 0.29) is 10.8 Å². The Morgan fingerprint density at radius 2 is 2.46 bits per heavy atom. The first-order valence-electron chi connectivity index (χ1n) is 3.59. The van der Waals surface area contributed by atoms with Gasteiger partial charge in [0.25, 0.3) is 10.0 Å². The average molecular weight is 218 g/mol. The van der Waals surface area contributed by atoms with E-state index in [1.807, 2.05) is 0 Å². The summed E-state index contributed by atoms with van der Waals surface area (Å²) in [6.07, 6.45) is 2.84. The third-order valence-corrected chi connectivity index (χ3v) is 4.08. The molecule has 1 aromatic heterocycles. The van der Waals surface area contributed by atoms with Crippen molar-refractivity contribution in [2.45, 2.75) is 11.1 Å². The van der Waals surface area contributed by atoms with Crippen LogP contribution < -0.4 is 4.72 Å².